The number of hydrogen-bond acceptors (Lipinski definition) is 6. The lowest BCUT2D eigenvalue weighted by Crippen LogP contribution is -2.11. The Kier molecular flexibility index (Phi) is 5.48. The van der Waals surface area contributed by atoms with Gasteiger partial charge in [-0.2, -0.15) is 5.10 Å². The molecule has 0 amide bonds. The maximum absolute atomic E-state index is 12.5. The van der Waals surface area contributed by atoms with E-state index in [1.165, 1.54) is 11.3 Å². The van der Waals surface area contributed by atoms with E-state index in [-0.39, 0.29) is 12.6 Å². The Bertz CT molecular complexity index is 1130. The Morgan fingerprint density at radius 3 is 2.62 bits per heavy atom. The zero-order valence-electron chi connectivity index (χ0n) is 16.1. The summed E-state index contributed by atoms with van der Waals surface area (Å²) < 4.78 is 18.0. The molecule has 148 valence electrons. The van der Waals surface area contributed by atoms with Crippen molar-refractivity contribution in [3.8, 4) is 22.8 Å². The second-order valence-electron chi connectivity index (χ2n) is 6.33. The van der Waals surface area contributed by atoms with Crippen molar-refractivity contribution in [2.24, 2.45) is 7.05 Å². The van der Waals surface area contributed by atoms with Gasteiger partial charge in [0.25, 0.3) is 0 Å². The van der Waals surface area contributed by atoms with Gasteiger partial charge in [0.05, 0.1) is 7.11 Å². The second-order valence-corrected chi connectivity index (χ2v) is 7.36. The third-order valence-electron chi connectivity index (χ3n) is 4.38. The van der Waals surface area contributed by atoms with Crippen molar-refractivity contribution in [3.63, 3.8) is 0 Å². The lowest BCUT2D eigenvalue weighted by molar-refractivity contribution is 0.0456. The SMILES string of the molecule is COc1cccc(-c2nn(C)c3sc(C(=O)OCCOc4ccccc4)cc23)c1. The van der Waals surface area contributed by atoms with Crippen LogP contribution in [0.4, 0.5) is 0 Å². The Balaban J connectivity index is 1.47. The predicted molar refractivity (Wildman–Crippen MR) is 113 cm³/mol. The molecule has 7 heteroatoms. The van der Waals surface area contributed by atoms with Crippen LogP contribution in [0.2, 0.25) is 0 Å². The highest BCUT2D eigenvalue weighted by atomic mass is 32.1. The van der Waals surface area contributed by atoms with E-state index in [9.17, 15) is 4.79 Å². The quantitative estimate of drug-likeness (QED) is 0.332. The van der Waals surface area contributed by atoms with Crippen LogP contribution in [0.25, 0.3) is 21.5 Å². The molecule has 0 aliphatic heterocycles. The fourth-order valence-corrected chi connectivity index (χ4v) is 3.97. The Hall–Kier alpha value is -3.32. The molecular formula is C22H20N2O4S. The Morgan fingerprint density at radius 1 is 1.03 bits per heavy atom. The number of para-hydroxylation sites is 1. The van der Waals surface area contributed by atoms with Gasteiger partial charge >= 0.3 is 5.97 Å². The number of hydrogen-bond donors (Lipinski definition) is 0. The van der Waals surface area contributed by atoms with E-state index >= 15 is 0 Å². The van der Waals surface area contributed by atoms with Crippen LogP contribution in [0, 0.1) is 0 Å². The van der Waals surface area contributed by atoms with Crippen LogP contribution < -0.4 is 9.47 Å². The summed E-state index contributed by atoms with van der Waals surface area (Å²) in [5.74, 6) is 1.15. The number of nitrogens with zero attached hydrogens (tertiary/aromatic N) is 2. The van der Waals surface area contributed by atoms with E-state index in [1.807, 2.05) is 67.7 Å². The van der Waals surface area contributed by atoms with Gasteiger partial charge < -0.3 is 14.2 Å². The van der Waals surface area contributed by atoms with Crippen LogP contribution in [0.1, 0.15) is 9.67 Å². The van der Waals surface area contributed by atoms with Crippen molar-refractivity contribution < 1.29 is 19.0 Å². The zero-order valence-corrected chi connectivity index (χ0v) is 16.9. The summed E-state index contributed by atoms with van der Waals surface area (Å²) in [6.07, 6.45) is 0. The molecule has 0 N–H and O–H groups in total. The van der Waals surface area contributed by atoms with Gasteiger partial charge in [0.1, 0.15) is 40.1 Å². The molecule has 2 aromatic heterocycles. The third kappa shape index (κ3) is 4.09. The molecule has 0 saturated heterocycles. The number of aryl methyl sites for hydroxylation is 1. The number of methoxy groups -OCH3 is 1. The lowest BCUT2D eigenvalue weighted by Gasteiger charge is -2.06. The molecule has 2 aromatic carbocycles. The summed E-state index contributed by atoms with van der Waals surface area (Å²) in [4.78, 5) is 13.9. The van der Waals surface area contributed by atoms with Crippen LogP contribution in [-0.4, -0.2) is 36.1 Å². The molecule has 4 rings (SSSR count). The fourth-order valence-electron chi connectivity index (χ4n) is 3.01. The third-order valence-corrected chi connectivity index (χ3v) is 5.57. The smallest absolute Gasteiger partial charge is 0.348 e. The molecular weight excluding hydrogens is 388 g/mol. The number of carbonyl (C=O) groups is 1. The zero-order chi connectivity index (χ0) is 20.2. The summed E-state index contributed by atoms with van der Waals surface area (Å²) in [5, 5.41) is 5.52. The van der Waals surface area contributed by atoms with Crippen molar-refractivity contribution in [2.75, 3.05) is 20.3 Å². The largest absolute Gasteiger partial charge is 0.497 e. The standard InChI is InChI=1S/C22H20N2O4S/c1-24-21-18(20(23-24)15-7-6-10-17(13-15)26-2)14-19(29-21)22(25)28-12-11-27-16-8-4-3-5-9-16/h3-10,13-14H,11-12H2,1-2H3. The van der Waals surface area contributed by atoms with Crippen LogP contribution in [0.3, 0.4) is 0 Å². The number of rotatable bonds is 7. The van der Waals surface area contributed by atoms with Crippen LogP contribution in [0.15, 0.2) is 60.7 Å². The molecule has 0 saturated carbocycles. The number of aromatic nitrogens is 2. The van der Waals surface area contributed by atoms with Crippen LogP contribution >= 0.6 is 11.3 Å². The van der Waals surface area contributed by atoms with E-state index in [0.717, 1.165) is 33.0 Å². The van der Waals surface area contributed by atoms with E-state index in [4.69, 9.17) is 14.2 Å². The highest BCUT2D eigenvalue weighted by Crippen LogP contribution is 2.35. The van der Waals surface area contributed by atoms with Gasteiger partial charge in [0, 0.05) is 18.0 Å². The molecule has 0 aliphatic carbocycles. The second kappa shape index (κ2) is 8.36. The summed E-state index contributed by atoms with van der Waals surface area (Å²) in [6.45, 7) is 0.486. The number of esters is 1. The first-order valence-electron chi connectivity index (χ1n) is 9.11. The molecule has 0 aliphatic rings. The summed E-state index contributed by atoms with van der Waals surface area (Å²) in [5.41, 5.74) is 1.74. The molecule has 2 heterocycles. The van der Waals surface area contributed by atoms with Crippen molar-refractivity contribution in [1.82, 2.24) is 9.78 Å². The normalized spacial score (nSPS) is 10.8. The Labute approximate surface area is 172 Å². The summed E-state index contributed by atoms with van der Waals surface area (Å²) >= 11 is 1.37. The van der Waals surface area contributed by atoms with E-state index in [1.54, 1.807) is 11.8 Å². The average molecular weight is 408 g/mol. The van der Waals surface area contributed by atoms with E-state index < -0.39 is 0 Å². The van der Waals surface area contributed by atoms with E-state index in [2.05, 4.69) is 5.10 Å². The first kappa shape index (κ1) is 19.0. The number of ether oxygens (including phenoxy) is 3. The molecule has 4 aromatic rings. The van der Waals surface area contributed by atoms with Gasteiger partial charge in [-0.3, -0.25) is 4.68 Å². The molecule has 0 fully saturated rings. The maximum Gasteiger partial charge on any atom is 0.348 e. The highest BCUT2D eigenvalue weighted by molar-refractivity contribution is 7.20. The number of fused-ring (bicyclic) bond motifs is 1. The summed E-state index contributed by atoms with van der Waals surface area (Å²) in [6, 6.07) is 19.0. The molecule has 0 spiro atoms. The molecule has 6 nitrogen and oxygen atoms in total. The Morgan fingerprint density at radius 2 is 1.83 bits per heavy atom. The van der Waals surface area contributed by atoms with Gasteiger partial charge in [0.15, 0.2) is 0 Å². The van der Waals surface area contributed by atoms with Gasteiger partial charge in [-0.15, -0.1) is 11.3 Å². The van der Waals surface area contributed by atoms with Crippen molar-refractivity contribution >= 4 is 27.5 Å². The number of benzene rings is 2. The molecule has 0 unspecified atom stereocenters. The monoisotopic (exact) mass is 408 g/mol. The first-order chi connectivity index (χ1) is 14.2. The molecule has 0 bridgehead atoms. The first-order valence-corrected chi connectivity index (χ1v) is 9.93. The van der Waals surface area contributed by atoms with E-state index in [0.29, 0.717) is 11.5 Å². The predicted octanol–water partition coefficient (Wildman–Crippen LogP) is 4.55. The average Bonchev–Trinajstić information content (AvgIpc) is 3.32. The van der Waals surface area contributed by atoms with Crippen molar-refractivity contribution in [3.05, 3.63) is 65.5 Å². The topological polar surface area (TPSA) is 62.6 Å². The van der Waals surface area contributed by atoms with Crippen molar-refractivity contribution in [2.45, 2.75) is 0 Å². The van der Waals surface area contributed by atoms with Crippen molar-refractivity contribution in [1.29, 1.82) is 0 Å². The van der Waals surface area contributed by atoms with Gasteiger partial charge in [-0.05, 0) is 30.3 Å². The minimum atomic E-state index is -0.362. The van der Waals surface area contributed by atoms with Crippen LogP contribution in [-0.2, 0) is 11.8 Å². The van der Waals surface area contributed by atoms with Gasteiger partial charge in [-0.1, -0.05) is 30.3 Å². The minimum absolute atomic E-state index is 0.183. The van der Waals surface area contributed by atoms with Gasteiger partial charge in [0.2, 0.25) is 0 Å². The number of carbonyl (C=O) groups excluding carboxylic acids is 1. The van der Waals surface area contributed by atoms with Gasteiger partial charge in [-0.25, -0.2) is 4.79 Å². The molecule has 0 radical (unpaired) electrons. The van der Waals surface area contributed by atoms with Crippen LogP contribution in [0.5, 0.6) is 11.5 Å². The minimum Gasteiger partial charge on any atom is -0.497 e. The maximum atomic E-state index is 12.5. The lowest BCUT2D eigenvalue weighted by atomic mass is 10.1. The molecule has 29 heavy (non-hydrogen) atoms. The molecule has 0 atom stereocenters. The highest BCUT2D eigenvalue weighted by Gasteiger charge is 2.19. The fraction of sp³-hybridized carbons (Fsp3) is 0.182. The summed E-state index contributed by atoms with van der Waals surface area (Å²) in [7, 11) is 3.50. The number of thiophene rings is 1.